The standard InChI is InChI=1S/C13H14BrNO/c1-2-13(14)12(9-15-10-16)8-11-6-4-3-5-7-11/h2-7,9-10H,8H2,1H3,(H,15,16)/b12-9-,13-2+. The first-order valence-electron chi connectivity index (χ1n) is 5.02. The number of amides is 1. The summed E-state index contributed by atoms with van der Waals surface area (Å²) in [4.78, 5) is 10.3. The van der Waals surface area contributed by atoms with Gasteiger partial charge in [-0.15, -0.1) is 0 Å². The van der Waals surface area contributed by atoms with Gasteiger partial charge in [0.2, 0.25) is 6.41 Å². The maximum absolute atomic E-state index is 10.3. The Hall–Kier alpha value is -1.35. The first-order valence-corrected chi connectivity index (χ1v) is 5.82. The summed E-state index contributed by atoms with van der Waals surface area (Å²) in [5.41, 5.74) is 2.25. The first-order chi connectivity index (χ1) is 7.77. The van der Waals surface area contributed by atoms with Gasteiger partial charge in [0.25, 0.3) is 0 Å². The summed E-state index contributed by atoms with van der Waals surface area (Å²) >= 11 is 3.47. The molecule has 0 saturated heterocycles. The molecule has 0 aromatic heterocycles. The molecule has 0 aliphatic carbocycles. The Bertz CT molecular complexity index is 396. The zero-order valence-corrected chi connectivity index (χ0v) is 10.7. The molecule has 0 unspecified atom stereocenters. The second-order valence-corrected chi connectivity index (χ2v) is 4.11. The van der Waals surface area contributed by atoms with Crippen LogP contribution in [0.15, 0.2) is 52.7 Å². The number of nitrogens with one attached hydrogen (secondary N) is 1. The topological polar surface area (TPSA) is 29.1 Å². The molecule has 0 aliphatic rings. The van der Waals surface area contributed by atoms with E-state index >= 15 is 0 Å². The Balaban J connectivity index is 2.83. The van der Waals surface area contributed by atoms with Gasteiger partial charge in [-0.05, 0) is 24.5 Å². The van der Waals surface area contributed by atoms with Crippen molar-refractivity contribution in [3.63, 3.8) is 0 Å². The van der Waals surface area contributed by atoms with Gasteiger partial charge in [0.15, 0.2) is 0 Å². The highest BCUT2D eigenvalue weighted by Crippen LogP contribution is 2.20. The number of carbonyl (C=O) groups excluding carboxylic acids is 1. The van der Waals surface area contributed by atoms with Crippen LogP contribution in [-0.4, -0.2) is 6.41 Å². The second kappa shape index (κ2) is 7.01. The van der Waals surface area contributed by atoms with E-state index in [-0.39, 0.29) is 0 Å². The fraction of sp³-hybridized carbons (Fsp3) is 0.154. The number of halogens is 1. The van der Waals surface area contributed by atoms with E-state index in [0.717, 1.165) is 16.5 Å². The van der Waals surface area contributed by atoms with Gasteiger partial charge < -0.3 is 5.32 Å². The third kappa shape index (κ3) is 4.03. The zero-order chi connectivity index (χ0) is 11.8. The molecule has 0 bridgehead atoms. The highest BCUT2D eigenvalue weighted by Gasteiger charge is 2.02. The van der Waals surface area contributed by atoms with Crippen molar-refractivity contribution in [2.24, 2.45) is 0 Å². The van der Waals surface area contributed by atoms with Crippen LogP contribution >= 0.6 is 15.9 Å². The molecule has 0 atom stereocenters. The maximum atomic E-state index is 10.3. The largest absolute Gasteiger partial charge is 0.335 e. The van der Waals surface area contributed by atoms with Crippen molar-refractivity contribution in [2.45, 2.75) is 13.3 Å². The predicted molar refractivity (Wildman–Crippen MR) is 70.1 cm³/mol. The van der Waals surface area contributed by atoms with E-state index < -0.39 is 0 Å². The molecule has 0 fully saturated rings. The van der Waals surface area contributed by atoms with Crippen LogP contribution in [0.2, 0.25) is 0 Å². The van der Waals surface area contributed by atoms with E-state index in [4.69, 9.17) is 0 Å². The van der Waals surface area contributed by atoms with Gasteiger partial charge in [0, 0.05) is 10.7 Å². The van der Waals surface area contributed by atoms with Crippen LogP contribution in [0, 0.1) is 0 Å². The average molecular weight is 280 g/mol. The summed E-state index contributed by atoms with van der Waals surface area (Å²) in [6, 6.07) is 10.1. The lowest BCUT2D eigenvalue weighted by Crippen LogP contribution is -2.03. The van der Waals surface area contributed by atoms with Crippen molar-refractivity contribution in [2.75, 3.05) is 0 Å². The molecule has 0 saturated carbocycles. The summed E-state index contributed by atoms with van der Waals surface area (Å²) in [6.45, 7) is 1.95. The quantitative estimate of drug-likeness (QED) is 0.651. The minimum Gasteiger partial charge on any atom is -0.335 e. The molecule has 1 N–H and O–H groups in total. The van der Waals surface area contributed by atoms with Crippen LogP contribution in [0.25, 0.3) is 0 Å². The lowest BCUT2D eigenvalue weighted by Gasteiger charge is -2.06. The van der Waals surface area contributed by atoms with Gasteiger partial charge in [-0.25, -0.2) is 0 Å². The van der Waals surface area contributed by atoms with Gasteiger partial charge in [-0.2, -0.15) is 0 Å². The lowest BCUT2D eigenvalue weighted by atomic mass is 10.1. The van der Waals surface area contributed by atoms with Crippen LogP contribution in [-0.2, 0) is 11.2 Å². The Labute approximate surface area is 104 Å². The summed E-state index contributed by atoms with van der Waals surface area (Å²) < 4.78 is 0.991. The highest BCUT2D eigenvalue weighted by atomic mass is 79.9. The third-order valence-corrected chi connectivity index (χ3v) is 3.09. The Morgan fingerprint density at radius 3 is 2.62 bits per heavy atom. The van der Waals surface area contributed by atoms with Gasteiger partial charge in [-0.3, -0.25) is 4.79 Å². The van der Waals surface area contributed by atoms with Crippen molar-refractivity contribution in [1.82, 2.24) is 5.32 Å². The van der Waals surface area contributed by atoms with E-state index in [0.29, 0.717) is 6.41 Å². The Kier molecular flexibility index (Phi) is 5.57. The zero-order valence-electron chi connectivity index (χ0n) is 9.11. The van der Waals surface area contributed by atoms with E-state index in [9.17, 15) is 4.79 Å². The van der Waals surface area contributed by atoms with Crippen molar-refractivity contribution in [1.29, 1.82) is 0 Å². The molecule has 3 heteroatoms. The third-order valence-electron chi connectivity index (χ3n) is 2.12. The number of benzene rings is 1. The summed E-state index contributed by atoms with van der Waals surface area (Å²) in [5, 5.41) is 2.57. The van der Waals surface area contributed by atoms with Crippen molar-refractivity contribution in [3.8, 4) is 0 Å². The number of rotatable bonds is 5. The van der Waals surface area contributed by atoms with Gasteiger partial charge >= 0.3 is 0 Å². The smallest absolute Gasteiger partial charge is 0.211 e. The number of hydrogen-bond acceptors (Lipinski definition) is 1. The molecule has 1 rings (SSSR count). The maximum Gasteiger partial charge on any atom is 0.211 e. The molecule has 16 heavy (non-hydrogen) atoms. The average Bonchev–Trinajstić information content (AvgIpc) is 2.34. The van der Waals surface area contributed by atoms with Crippen molar-refractivity contribution in [3.05, 3.63) is 58.2 Å². The molecule has 0 aliphatic heterocycles. The Morgan fingerprint density at radius 2 is 2.06 bits per heavy atom. The van der Waals surface area contributed by atoms with E-state index in [1.165, 1.54) is 5.56 Å². The van der Waals surface area contributed by atoms with Crippen molar-refractivity contribution >= 4 is 22.3 Å². The molecular weight excluding hydrogens is 266 g/mol. The SMILES string of the molecule is C/C=C(Br)\C(=C/NC=O)Cc1ccccc1. The molecule has 1 aromatic rings. The summed E-state index contributed by atoms with van der Waals surface area (Å²) in [5.74, 6) is 0. The van der Waals surface area contributed by atoms with Crippen molar-refractivity contribution < 1.29 is 4.79 Å². The van der Waals surface area contributed by atoms with Crippen LogP contribution in [0.4, 0.5) is 0 Å². The molecule has 0 spiro atoms. The van der Waals surface area contributed by atoms with Gasteiger partial charge in [0.1, 0.15) is 0 Å². The Morgan fingerprint density at radius 1 is 1.38 bits per heavy atom. The normalized spacial score (nSPS) is 12.4. The van der Waals surface area contributed by atoms with E-state index in [1.54, 1.807) is 6.20 Å². The molecular formula is C13H14BrNO. The molecule has 84 valence electrons. The molecule has 1 aromatic carbocycles. The predicted octanol–water partition coefficient (Wildman–Crippen LogP) is 3.16. The number of hydrogen-bond donors (Lipinski definition) is 1. The van der Waals surface area contributed by atoms with Crippen LogP contribution in [0.1, 0.15) is 12.5 Å². The van der Waals surface area contributed by atoms with Crippen LogP contribution < -0.4 is 5.32 Å². The van der Waals surface area contributed by atoms with E-state index in [2.05, 4.69) is 33.4 Å². The van der Waals surface area contributed by atoms with Gasteiger partial charge in [-0.1, -0.05) is 52.3 Å². The van der Waals surface area contributed by atoms with E-state index in [1.807, 2.05) is 31.2 Å². The summed E-state index contributed by atoms with van der Waals surface area (Å²) in [7, 11) is 0. The van der Waals surface area contributed by atoms with Crippen LogP contribution in [0.3, 0.4) is 0 Å². The minimum atomic E-state index is 0.668. The summed E-state index contributed by atoms with van der Waals surface area (Å²) in [6.07, 6.45) is 5.12. The first kappa shape index (κ1) is 12.7. The number of carbonyl (C=O) groups is 1. The fourth-order valence-electron chi connectivity index (χ4n) is 1.34. The number of allylic oxidation sites excluding steroid dienone is 3. The van der Waals surface area contributed by atoms with Gasteiger partial charge in [0.05, 0.1) is 0 Å². The van der Waals surface area contributed by atoms with Crippen LogP contribution in [0.5, 0.6) is 0 Å². The molecule has 0 radical (unpaired) electrons. The second-order valence-electron chi connectivity index (χ2n) is 3.25. The monoisotopic (exact) mass is 279 g/mol. The highest BCUT2D eigenvalue weighted by molar-refractivity contribution is 9.12. The lowest BCUT2D eigenvalue weighted by molar-refractivity contribution is -0.108. The minimum absolute atomic E-state index is 0.668. The molecule has 2 nitrogen and oxygen atoms in total. The molecule has 0 heterocycles. The molecule has 1 amide bonds. The fourth-order valence-corrected chi connectivity index (χ4v) is 1.59.